The molecule has 0 aliphatic heterocycles. The zero-order chi connectivity index (χ0) is 14.5. The predicted molar refractivity (Wildman–Crippen MR) is 73.8 cm³/mol. The van der Waals surface area contributed by atoms with Crippen molar-refractivity contribution in [2.45, 2.75) is 31.1 Å². The molecule has 0 fully saturated rings. The lowest BCUT2D eigenvalue weighted by atomic mass is 10.2. The molecule has 0 saturated heterocycles. The molecule has 0 heterocycles. The van der Waals surface area contributed by atoms with Crippen molar-refractivity contribution in [2.75, 3.05) is 7.05 Å². The second-order valence-corrected chi connectivity index (χ2v) is 6.21. The van der Waals surface area contributed by atoms with E-state index >= 15 is 0 Å². The highest BCUT2D eigenvalue weighted by molar-refractivity contribution is 7.89. The molecule has 5 heteroatoms. The summed E-state index contributed by atoms with van der Waals surface area (Å²) in [4.78, 5) is 11.9. The maximum Gasteiger partial charge on any atom is 0.266 e. The minimum absolute atomic E-state index is 0.117. The van der Waals surface area contributed by atoms with E-state index in [4.69, 9.17) is 6.42 Å². The van der Waals surface area contributed by atoms with Gasteiger partial charge in [-0.2, -0.15) is 0 Å². The summed E-state index contributed by atoms with van der Waals surface area (Å²) in [7, 11) is -2.49. The molecule has 0 bridgehead atoms. The molecule has 0 N–H and O–H groups in total. The number of amides is 1. The summed E-state index contributed by atoms with van der Waals surface area (Å²) in [6.45, 7) is 1.87. The molecule has 102 valence electrons. The van der Waals surface area contributed by atoms with Crippen LogP contribution in [0.1, 0.15) is 24.8 Å². The largest absolute Gasteiger partial charge is 0.274 e. The summed E-state index contributed by atoms with van der Waals surface area (Å²) < 4.78 is 25.2. The Kier molecular flexibility index (Phi) is 5.13. The van der Waals surface area contributed by atoms with Crippen molar-refractivity contribution in [3.8, 4) is 12.3 Å². The van der Waals surface area contributed by atoms with Crippen molar-refractivity contribution in [1.29, 1.82) is 0 Å². The molecule has 0 saturated carbocycles. The minimum atomic E-state index is -3.76. The van der Waals surface area contributed by atoms with Gasteiger partial charge in [-0.3, -0.25) is 4.79 Å². The maximum atomic E-state index is 12.2. The number of hydrogen-bond donors (Lipinski definition) is 0. The van der Waals surface area contributed by atoms with Crippen molar-refractivity contribution in [1.82, 2.24) is 4.31 Å². The van der Waals surface area contributed by atoms with E-state index in [1.807, 2.05) is 6.92 Å². The lowest BCUT2D eigenvalue weighted by Crippen LogP contribution is -2.33. The van der Waals surface area contributed by atoms with Crippen LogP contribution in [0.5, 0.6) is 0 Å². The molecular formula is C14H17NO3S. The van der Waals surface area contributed by atoms with Gasteiger partial charge < -0.3 is 0 Å². The molecule has 0 aliphatic carbocycles. The van der Waals surface area contributed by atoms with Crippen LogP contribution in [0, 0.1) is 19.3 Å². The number of aryl methyl sites for hydroxylation is 1. The van der Waals surface area contributed by atoms with Gasteiger partial charge in [-0.25, -0.2) is 12.7 Å². The van der Waals surface area contributed by atoms with Crippen LogP contribution < -0.4 is 0 Å². The Balaban J connectivity index is 2.85. The molecular weight excluding hydrogens is 262 g/mol. The topological polar surface area (TPSA) is 54.5 Å². The maximum absolute atomic E-state index is 12.2. The van der Waals surface area contributed by atoms with Crippen LogP contribution >= 0.6 is 0 Å². The van der Waals surface area contributed by atoms with E-state index in [0.717, 1.165) is 9.87 Å². The van der Waals surface area contributed by atoms with Gasteiger partial charge in [-0.15, -0.1) is 12.3 Å². The standard InChI is InChI=1S/C14H17NO3S/c1-4-5-6-7-14(16)15(3)19(17,18)13-10-8-12(2)9-11-13/h1,8-11H,5-7H2,2-3H3. The van der Waals surface area contributed by atoms with Crippen LogP contribution in [0.4, 0.5) is 0 Å². The summed E-state index contributed by atoms with van der Waals surface area (Å²) >= 11 is 0. The van der Waals surface area contributed by atoms with Crippen LogP contribution in [0.25, 0.3) is 0 Å². The summed E-state index contributed by atoms with van der Waals surface area (Å²) in [5, 5.41) is 0. The molecule has 19 heavy (non-hydrogen) atoms. The number of carbonyl (C=O) groups excluding carboxylic acids is 1. The quantitative estimate of drug-likeness (QED) is 0.611. The van der Waals surface area contributed by atoms with E-state index in [2.05, 4.69) is 5.92 Å². The van der Waals surface area contributed by atoms with Crippen molar-refractivity contribution < 1.29 is 13.2 Å². The number of carbonyl (C=O) groups is 1. The summed E-state index contributed by atoms with van der Waals surface area (Å²) in [6, 6.07) is 6.39. The number of nitrogens with zero attached hydrogens (tertiary/aromatic N) is 1. The van der Waals surface area contributed by atoms with Gasteiger partial charge in [0.15, 0.2) is 0 Å². The average molecular weight is 279 g/mol. The number of hydrogen-bond acceptors (Lipinski definition) is 3. The lowest BCUT2D eigenvalue weighted by Gasteiger charge is -2.17. The van der Waals surface area contributed by atoms with Gasteiger partial charge in [0.2, 0.25) is 5.91 Å². The minimum Gasteiger partial charge on any atom is -0.274 e. The van der Waals surface area contributed by atoms with Crippen LogP contribution in [0.15, 0.2) is 29.2 Å². The molecule has 0 aliphatic rings. The van der Waals surface area contributed by atoms with Crippen molar-refractivity contribution >= 4 is 15.9 Å². The highest BCUT2D eigenvalue weighted by Crippen LogP contribution is 2.16. The Morgan fingerprint density at radius 3 is 2.42 bits per heavy atom. The molecule has 0 unspecified atom stereocenters. The summed E-state index contributed by atoms with van der Waals surface area (Å²) in [5.41, 5.74) is 0.960. The average Bonchev–Trinajstić information content (AvgIpc) is 2.38. The van der Waals surface area contributed by atoms with Crippen molar-refractivity contribution in [2.24, 2.45) is 0 Å². The van der Waals surface area contributed by atoms with Gasteiger partial charge >= 0.3 is 0 Å². The molecule has 0 spiro atoms. The normalized spacial score (nSPS) is 10.8. The predicted octanol–water partition coefficient (Wildman–Crippen LogP) is 1.95. The zero-order valence-corrected chi connectivity index (χ0v) is 11.9. The first-order chi connectivity index (χ1) is 8.89. The number of rotatable bonds is 5. The first-order valence-corrected chi connectivity index (χ1v) is 7.35. The fourth-order valence-electron chi connectivity index (χ4n) is 1.50. The molecule has 0 radical (unpaired) electrons. The molecule has 1 amide bonds. The van der Waals surface area contributed by atoms with Crippen LogP contribution in [0.2, 0.25) is 0 Å². The fraction of sp³-hybridized carbons (Fsp3) is 0.357. The zero-order valence-electron chi connectivity index (χ0n) is 11.1. The molecule has 1 aromatic carbocycles. The summed E-state index contributed by atoms with van der Waals surface area (Å²) in [6.07, 6.45) is 6.17. The van der Waals surface area contributed by atoms with Gasteiger partial charge in [0.1, 0.15) is 0 Å². The third-order valence-electron chi connectivity index (χ3n) is 2.74. The van der Waals surface area contributed by atoms with Crippen LogP contribution in [-0.4, -0.2) is 25.7 Å². The third-order valence-corrected chi connectivity index (χ3v) is 4.53. The Hall–Kier alpha value is -1.80. The molecule has 0 atom stereocenters. The second kappa shape index (κ2) is 6.39. The highest BCUT2D eigenvalue weighted by Gasteiger charge is 2.24. The van der Waals surface area contributed by atoms with Gasteiger partial charge in [-0.1, -0.05) is 17.7 Å². The number of sulfonamides is 1. The molecule has 0 aromatic heterocycles. The first-order valence-electron chi connectivity index (χ1n) is 5.91. The van der Waals surface area contributed by atoms with Crippen LogP contribution in [0.3, 0.4) is 0 Å². The van der Waals surface area contributed by atoms with E-state index in [-0.39, 0.29) is 11.3 Å². The SMILES string of the molecule is C#CCCCC(=O)N(C)S(=O)(=O)c1ccc(C)cc1. The molecule has 4 nitrogen and oxygen atoms in total. The summed E-state index contributed by atoms with van der Waals surface area (Å²) in [5.74, 6) is 1.97. The van der Waals surface area contributed by atoms with E-state index in [1.54, 1.807) is 12.1 Å². The van der Waals surface area contributed by atoms with Gasteiger partial charge in [-0.05, 0) is 25.5 Å². The Bertz CT molecular complexity index is 582. The van der Waals surface area contributed by atoms with Crippen molar-refractivity contribution in [3.05, 3.63) is 29.8 Å². The van der Waals surface area contributed by atoms with E-state index < -0.39 is 15.9 Å². The van der Waals surface area contributed by atoms with E-state index in [9.17, 15) is 13.2 Å². The molecule has 1 rings (SSSR count). The first kappa shape index (κ1) is 15.3. The third kappa shape index (κ3) is 3.83. The second-order valence-electron chi connectivity index (χ2n) is 4.24. The lowest BCUT2D eigenvalue weighted by molar-refractivity contribution is -0.125. The highest BCUT2D eigenvalue weighted by atomic mass is 32.2. The Labute approximate surface area is 114 Å². The number of unbranched alkanes of at least 4 members (excludes halogenated alkanes) is 1. The smallest absolute Gasteiger partial charge is 0.266 e. The molecule has 1 aromatic rings. The Morgan fingerprint density at radius 2 is 1.89 bits per heavy atom. The fourth-order valence-corrected chi connectivity index (χ4v) is 2.66. The van der Waals surface area contributed by atoms with E-state index in [0.29, 0.717) is 12.8 Å². The number of benzene rings is 1. The monoisotopic (exact) mass is 279 g/mol. The van der Waals surface area contributed by atoms with Crippen molar-refractivity contribution in [3.63, 3.8) is 0 Å². The Morgan fingerprint density at radius 1 is 1.32 bits per heavy atom. The van der Waals surface area contributed by atoms with Gasteiger partial charge in [0.05, 0.1) is 4.90 Å². The van der Waals surface area contributed by atoms with Gasteiger partial charge in [0, 0.05) is 19.9 Å². The number of terminal acetylenes is 1. The van der Waals surface area contributed by atoms with Gasteiger partial charge in [0.25, 0.3) is 10.0 Å². The van der Waals surface area contributed by atoms with E-state index in [1.165, 1.54) is 19.2 Å². The van der Waals surface area contributed by atoms with Crippen LogP contribution in [-0.2, 0) is 14.8 Å².